The average molecular weight is 338 g/mol. The van der Waals surface area contributed by atoms with E-state index in [1.807, 2.05) is 0 Å². The largest absolute Gasteiger partial charge is 0.462 e. The first-order valence-electron chi connectivity index (χ1n) is 7.42. The maximum Gasteiger partial charge on any atom is 0.339 e. The second-order valence-electron chi connectivity index (χ2n) is 5.73. The smallest absolute Gasteiger partial charge is 0.339 e. The molecule has 1 aromatic carbocycles. The van der Waals surface area contributed by atoms with Gasteiger partial charge in [0.15, 0.2) is 0 Å². The molecule has 0 unspecified atom stereocenters. The lowest BCUT2D eigenvalue weighted by Gasteiger charge is -2.39. The number of rotatable bonds is 3. The highest BCUT2D eigenvalue weighted by atomic mass is 16.7. The van der Waals surface area contributed by atoms with E-state index in [0.717, 1.165) is 0 Å². The summed E-state index contributed by atoms with van der Waals surface area (Å²) in [5.41, 5.74) is 0.310. The van der Waals surface area contributed by atoms with Gasteiger partial charge in [-0.05, 0) is 25.1 Å². The third-order valence-electron chi connectivity index (χ3n) is 3.98. The van der Waals surface area contributed by atoms with E-state index >= 15 is 0 Å². The Morgan fingerprint density at radius 1 is 1.12 bits per heavy atom. The van der Waals surface area contributed by atoms with Crippen molar-refractivity contribution in [3.8, 4) is 5.75 Å². The Hall–Kier alpha value is -1.97. The van der Waals surface area contributed by atoms with Crippen molar-refractivity contribution in [1.82, 2.24) is 0 Å². The average Bonchev–Trinajstić information content (AvgIpc) is 2.56. The molecule has 0 aliphatic carbocycles. The van der Waals surface area contributed by atoms with Crippen LogP contribution in [0.5, 0.6) is 5.75 Å². The summed E-state index contributed by atoms with van der Waals surface area (Å²) in [6, 6.07) is 6.39. The molecule has 2 aromatic rings. The molecule has 2 heterocycles. The van der Waals surface area contributed by atoms with Crippen LogP contribution in [0.3, 0.4) is 0 Å². The Kier molecular flexibility index (Phi) is 4.57. The van der Waals surface area contributed by atoms with Crippen molar-refractivity contribution in [3.05, 3.63) is 40.2 Å². The lowest BCUT2D eigenvalue weighted by molar-refractivity contribution is -0.277. The zero-order valence-electron chi connectivity index (χ0n) is 12.8. The maximum absolute atomic E-state index is 11.6. The Labute approximate surface area is 136 Å². The molecule has 8 nitrogen and oxygen atoms in total. The molecule has 0 bridgehead atoms. The molecule has 1 aromatic heterocycles. The number of ether oxygens (including phenoxy) is 2. The normalized spacial score (nSPS) is 30.5. The van der Waals surface area contributed by atoms with Gasteiger partial charge >= 0.3 is 5.63 Å². The molecule has 4 N–H and O–H groups in total. The summed E-state index contributed by atoms with van der Waals surface area (Å²) < 4.78 is 15.9. The van der Waals surface area contributed by atoms with Gasteiger partial charge in [-0.15, -0.1) is 0 Å². The molecule has 3 rings (SSSR count). The third kappa shape index (κ3) is 3.02. The monoisotopic (exact) mass is 338 g/mol. The van der Waals surface area contributed by atoms with Gasteiger partial charge in [-0.1, -0.05) is 0 Å². The van der Waals surface area contributed by atoms with Crippen LogP contribution in [0.1, 0.15) is 5.56 Å². The van der Waals surface area contributed by atoms with Crippen molar-refractivity contribution in [3.63, 3.8) is 0 Å². The second-order valence-corrected chi connectivity index (χ2v) is 5.73. The number of aliphatic hydroxyl groups excluding tert-OH is 4. The summed E-state index contributed by atoms with van der Waals surface area (Å²) in [6.45, 7) is 1.10. The summed E-state index contributed by atoms with van der Waals surface area (Å²) in [5.74, 6) is 0.235. The van der Waals surface area contributed by atoms with Gasteiger partial charge in [-0.3, -0.25) is 0 Å². The van der Waals surface area contributed by atoms with Crippen molar-refractivity contribution in [1.29, 1.82) is 0 Å². The molecule has 1 aliphatic heterocycles. The zero-order valence-corrected chi connectivity index (χ0v) is 12.8. The fourth-order valence-corrected chi connectivity index (χ4v) is 2.57. The van der Waals surface area contributed by atoms with E-state index in [0.29, 0.717) is 16.5 Å². The summed E-state index contributed by atoms with van der Waals surface area (Å²) in [4.78, 5) is 11.6. The van der Waals surface area contributed by atoms with Crippen LogP contribution in [0.15, 0.2) is 33.5 Å². The molecular formula is C16H18O8. The first kappa shape index (κ1) is 16.9. The standard InChI is InChI=1S/C16H18O8/c1-7-4-8-2-3-9(5-10(8)23-15(7)21)22-16-14(20)13(19)12(18)11(6-17)24-16/h2-5,11-14,16-20H,6H2,1H3/t11-,12+,13+,14-,16+/m1/s1. The molecule has 0 spiro atoms. The maximum atomic E-state index is 11.6. The highest BCUT2D eigenvalue weighted by molar-refractivity contribution is 5.78. The van der Waals surface area contributed by atoms with Crippen LogP contribution in [0.2, 0.25) is 0 Å². The molecule has 24 heavy (non-hydrogen) atoms. The van der Waals surface area contributed by atoms with Crippen molar-refractivity contribution < 1.29 is 34.3 Å². The molecule has 0 saturated carbocycles. The minimum absolute atomic E-state index is 0.235. The van der Waals surface area contributed by atoms with E-state index in [4.69, 9.17) is 19.0 Å². The van der Waals surface area contributed by atoms with Crippen LogP contribution in [-0.2, 0) is 4.74 Å². The van der Waals surface area contributed by atoms with Crippen LogP contribution in [0.25, 0.3) is 11.0 Å². The number of hydrogen-bond donors (Lipinski definition) is 4. The lowest BCUT2D eigenvalue weighted by Crippen LogP contribution is -2.60. The SMILES string of the molecule is Cc1cc2ccc(O[C@H]3O[C@H](CO)[C@H](O)[C@H](O)[C@H]3O)cc2oc1=O. The third-order valence-corrected chi connectivity index (χ3v) is 3.98. The molecule has 130 valence electrons. The predicted octanol–water partition coefficient (Wildman–Crippen LogP) is -0.720. The Balaban J connectivity index is 1.86. The molecule has 1 aliphatic rings. The van der Waals surface area contributed by atoms with Crippen molar-refractivity contribution in [2.24, 2.45) is 0 Å². The fourth-order valence-electron chi connectivity index (χ4n) is 2.57. The first-order valence-corrected chi connectivity index (χ1v) is 7.42. The highest BCUT2D eigenvalue weighted by Gasteiger charge is 2.44. The zero-order chi connectivity index (χ0) is 17.4. The number of hydrogen-bond acceptors (Lipinski definition) is 8. The van der Waals surface area contributed by atoms with Crippen LogP contribution in [0, 0.1) is 6.92 Å². The quantitative estimate of drug-likeness (QED) is 0.540. The number of fused-ring (bicyclic) bond motifs is 1. The van der Waals surface area contributed by atoms with E-state index in [2.05, 4.69) is 0 Å². The van der Waals surface area contributed by atoms with Crippen molar-refractivity contribution >= 4 is 11.0 Å². The van der Waals surface area contributed by atoms with E-state index in [1.165, 1.54) is 6.07 Å². The summed E-state index contributed by atoms with van der Waals surface area (Å²) >= 11 is 0. The van der Waals surface area contributed by atoms with Crippen LogP contribution in [-0.4, -0.2) is 57.7 Å². The van der Waals surface area contributed by atoms with E-state index in [9.17, 15) is 20.1 Å². The fraction of sp³-hybridized carbons (Fsp3) is 0.438. The molecule has 1 fully saturated rings. The molecule has 0 radical (unpaired) electrons. The van der Waals surface area contributed by atoms with Gasteiger partial charge in [-0.2, -0.15) is 0 Å². The van der Waals surface area contributed by atoms with E-state index in [-0.39, 0.29) is 5.75 Å². The summed E-state index contributed by atoms with van der Waals surface area (Å²) in [6.07, 6.45) is -6.85. The molecule has 8 heteroatoms. The first-order chi connectivity index (χ1) is 11.4. The number of benzene rings is 1. The Morgan fingerprint density at radius 2 is 1.88 bits per heavy atom. The van der Waals surface area contributed by atoms with E-state index < -0.39 is 42.9 Å². The summed E-state index contributed by atoms with van der Waals surface area (Å²) in [7, 11) is 0. The predicted molar refractivity (Wildman–Crippen MR) is 81.6 cm³/mol. The number of aliphatic hydroxyl groups is 4. The minimum Gasteiger partial charge on any atom is -0.462 e. The van der Waals surface area contributed by atoms with Gasteiger partial charge in [0, 0.05) is 17.0 Å². The van der Waals surface area contributed by atoms with Gasteiger partial charge < -0.3 is 34.3 Å². The summed E-state index contributed by atoms with van der Waals surface area (Å²) in [5, 5.41) is 39.3. The highest BCUT2D eigenvalue weighted by Crippen LogP contribution is 2.26. The second kappa shape index (κ2) is 6.50. The Bertz CT molecular complexity index is 783. The van der Waals surface area contributed by atoms with Crippen molar-refractivity contribution in [2.75, 3.05) is 6.61 Å². The van der Waals surface area contributed by atoms with Gasteiger partial charge in [0.25, 0.3) is 0 Å². The van der Waals surface area contributed by atoms with Gasteiger partial charge in [0.1, 0.15) is 35.7 Å². The van der Waals surface area contributed by atoms with Crippen molar-refractivity contribution in [2.45, 2.75) is 37.6 Å². The Morgan fingerprint density at radius 3 is 2.58 bits per heavy atom. The van der Waals surface area contributed by atoms with Gasteiger partial charge in [0.2, 0.25) is 6.29 Å². The molecular weight excluding hydrogens is 320 g/mol. The number of aryl methyl sites for hydroxylation is 1. The lowest BCUT2D eigenvalue weighted by atomic mass is 9.99. The van der Waals surface area contributed by atoms with Crippen LogP contribution in [0.4, 0.5) is 0 Å². The van der Waals surface area contributed by atoms with Gasteiger partial charge in [0.05, 0.1) is 6.61 Å². The molecule has 1 saturated heterocycles. The van der Waals surface area contributed by atoms with Gasteiger partial charge in [-0.25, -0.2) is 4.79 Å². The van der Waals surface area contributed by atoms with Crippen LogP contribution < -0.4 is 10.4 Å². The topological polar surface area (TPSA) is 130 Å². The van der Waals surface area contributed by atoms with Crippen LogP contribution >= 0.6 is 0 Å². The minimum atomic E-state index is -1.53. The van der Waals surface area contributed by atoms with E-state index in [1.54, 1.807) is 25.1 Å². The molecule has 0 amide bonds. The molecule has 5 atom stereocenters.